The van der Waals surface area contributed by atoms with E-state index >= 15 is 0 Å². The number of hydrogen-bond donors (Lipinski definition) is 0. The van der Waals surface area contributed by atoms with Gasteiger partial charge >= 0.3 is 0 Å². The van der Waals surface area contributed by atoms with Crippen LogP contribution < -0.4 is 4.90 Å². The van der Waals surface area contributed by atoms with Crippen LogP contribution >= 0.6 is 0 Å². The molecule has 3 aliphatic heterocycles. The SMILES string of the molecule is O=C(C1CCN(S(=O)(=O)c2cccnc2N2CCCCC2)CC1)N1CCOCC1. The first-order valence-electron chi connectivity index (χ1n) is 10.6. The largest absolute Gasteiger partial charge is 0.378 e. The molecule has 3 fully saturated rings. The summed E-state index contributed by atoms with van der Waals surface area (Å²) in [5, 5.41) is 0. The highest BCUT2D eigenvalue weighted by Gasteiger charge is 2.36. The minimum atomic E-state index is -3.63. The predicted molar refractivity (Wildman–Crippen MR) is 109 cm³/mol. The van der Waals surface area contributed by atoms with Crippen molar-refractivity contribution >= 4 is 21.7 Å². The third-order valence-electron chi connectivity index (χ3n) is 6.15. The zero-order valence-electron chi connectivity index (χ0n) is 16.8. The Morgan fingerprint density at radius 2 is 1.69 bits per heavy atom. The summed E-state index contributed by atoms with van der Waals surface area (Å²) in [5.41, 5.74) is 0. The first kappa shape index (κ1) is 20.6. The van der Waals surface area contributed by atoms with Gasteiger partial charge in [-0.25, -0.2) is 13.4 Å². The van der Waals surface area contributed by atoms with Crippen molar-refractivity contribution in [3.63, 3.8) is 0 Å². The van der Waals surface area contributed by atoms with Gasteiger partial charge in [0, 0.05) is 51.4 Å². The van der Waals surface area contributed by atoms with Crippen molar-refractivity contribution in [3.05, 3.63) is 18.3 Å². The van der Waals surface area contributed by atoms with Gasteiger partial charge in [-0.15, -0.1) is 0 Å². The third kappa shape index (κ3) is 4.41. The lowest BCUT2D eigenvalue weighted by Crippen LogP contribution is -2.47. The number of nitrogens with zero attached hydrogens (tertiary/aromatic N) is 4. The van der Waals surface area contributed by atoms with Gasteiger partial charge in [-0.05, 0) is 44.2 Å². The molecule has 1 aromatic rings. The van der Waals surface area contributed by atoms with E-state index in [0.717, 1.165) is 25.9 Å². The van der Waals surface area contributed by atoms with Crippen molar-refractivity contribution in [3.8, 4) is 0 Å². The van der Waals surface area contributed by atoms with E-state index in [0.29, 0.717) is 62.9 Å². The second-order valence-electron chi connectivity index (χ2n) is 7.99. The molecule has 0 saturated carbocycles. The molecule has 0 unspecified atom stereocenters. The van der Waals surface area contributed by atoms with Crippen LogP contribution in [0.4, 0.5) is 5.82 Å². The van der Waals surface area contributed by atoms with E-state index in [9.17, 15) is 13.2 Å². The van der Waals surface area contributed by atoms with Crippen LogP contribution in [0.1, 0.15) is 32.1 Å². The van der Waals surface area contributed by atoms with Crippen molar-refractivity contribution in [1.82, 2.24) is 14.2 Å². The molecule has 0 aromatic carbocycles. The van der Waals surface area contributed by atoms with Gasteiger partial charge in [-0.1, -0.05) is 0 Å². The molecule has 0 atom stereocenters. The molecule has 160 valence electrons. The molecule has 9 heteroatoms. The van der Waals surface area contributed by atoms with Crippen molar-refractivity contribution in [2.45, 2.75) is 37.0 Å². The molecule has 0 spiro atoms. The number of sulfonamides is 1. The predicted octanol–water partition coefficient (Wildman–Crippen LogP) is 1.33. The van der Waals surface area contributed by atoms with E-state index in [-0.39, 0.29) is 11.8 Å². The number of piperidine rings is 2. The van der Waals surface area contributed by atoms with Gasteiger partial charge < -0.3 is 14.5 Å². The minimum absolute atomic E-state index is 0.102. The number of amides is 1. The molecule has 0 aliphatic carbocycles. The van der Waals surface area contributed by atoms with Crippen LogP contribution in [0.5, 0.6) is 0 Å². The maximum absolute atomic E-state index is 13.4. The molecular weight excluding hydrogens is 392 g/mol. The maximum atomic E-state index is 13.4. The van der Waals surface area contributed by atoms with E-state index in [2.05, 4.69) is 9.88 Å². The first-order valence-corrected chi connectivity index (χ1v) is 12.1. The standard InChI is InChI=1S/C20H30N4O4S/c25-20(23-13-15-28-16-14-23)17-6-11-24(12-7-17)29(26,27)18-5-4-8-21-19(18)22-9-2-1-3-10-22/h4-5,8,17H,1-3,6-7,9-16H2. The molecule has 1 aromatic heterocycles. The van der Waals surface area contributed by atoms with Gasteiger partial charge in [0.2, 0.25) is 15.9 Å². The van der Waals surface area contributed by atoms with Gasteiger partial charge in [0.25, 0.3) is 0 Å². The average molecular weight is 423 g/mol. The highest BCUT2D eigenvalue weighted by molar-refractivity contribution is 7.89. The van der Waals surface area contributed by atoms with Crippen LogP contribution in [0.2, 0.25) is 0 Å². The number of morpholine rings is 1. The Labute approximate surface area is 172 Å². The number of anilines is 1. The van der Waals surface area contributed by atoms with Crippen LogP contribution in [0.25, 0.3) is 0 Å². The van der Waals surface area contributed by atoms with E-state index in [1.165, 1.54) is 10.7 Å². The van der Waals surface area contributed by atoms with Crippen LogP contribution in [0, 0.1) is 5.92 Å². The van der Waals surface area contributed by atoms with Gasteiger partial charge in [-0.3, -0.25) is 4.79 Å². The fourth-order valence-electron chi connectivity index (χ4n) is 4.45. The van der Waals surface area contributed by atoms with Crippen LogP contribution in [0.3, 0.4) is 0 Å². The molecule has 0 bridgehead atoms. The smallest absolute Gasteiger partial charge is 0.246 e. The van der Waals surface area contributed by atoms with E-state index in [1.54, 1.807) is 18.3 Å². The number of pyridine rings is 1. The van der Waals surface area contributed by atoms with Crippen molar-refractivity contribution < 1.29 is 17.9 Å². The Bertz CT molecular complexity index is 812. The number of carbonyl (C=O) groups excluding carboxylic acids is 1. The zero-order chi connectivity index (χ0) is 20.3. The highest BCUT2D eigenvalue weighted by Crippen LogP contribution is 2.30. The van der Waals surface area contributed by atoms with Gasteiger partial charge in [-0.2, -0.15) is 4.31 Å². The molecule has 29 heavy (non-hydrogen) atoms. The fourth-order valence-corrected chi connectivity index (χ4v) is 6.08. The Kier molecular flexibility index (Phi) is 6.36. The molecule has 3 saturated heterocycles. The summed E-state index contributed by atoms with van der Waals surface area (Å²) in [6.07, 6.45) is 6.09. The topological polar surface area (TPSA) is 83.0 Å². The zero-order valence-corrected chi connectivity index (χ0v) is 17.6. The van der Waals surface area contributed by atoms with Crippen molar-refractivity contribution in [2.75, 3.05) is 57.4 Å². The Balaban J connectivity index is 1.45. The quantitative estimate of drug-likeness (QED) is 0.728. The van der Waals surface area contributed by atoms with Crippen LogP contribution in [0.15, 0.2) is 23.2 Å². The minimum Gasteiger partial charge on any atom is -0.378 e. The molecule has 3 aliphatic rings. The second-order valence-corrected chi connectivity index (χ2v) is 9.90. The highest BCUT2D eigenvalue weighted by atomic mass is 32.2. The van der Waals surface area contributed by atoms with E-state index in [1.807, 2.05) is 4.90 Å². The molecule has 8 nitrogen and oxygen atoms in total. The van der Waals surface area contributed by atoms with Crippen LogP contribution in [-0.2, 0) is 19.6 Å². The summed E-state index contributed by atoms with van der Waals surface area (Å²) < 4.78 is 33.6. The second kappa shape index (κ2) is 8.97. The molecular formula is C20H30N4O4S. The van der Waals surface area contributed by atoms with E-state index < -0.39 is 10.0 Å². The maximum Gasteiger partial charge on any atom is 0.246 e. The van der Waals surface area contributed by atoms with Gasteiger partial charge in [0.15, 0.2) is 0 Å². The van der Waals surface area contributed by atoms with Crippen LogP contribution in [-0.4, -0.2) is 81.0 Å². The Hall–Kier alpha value is -1.71. The van der Waals surface area contributed by atoms with Crippen molar-refractivity contribution in [2.24, 2.45) is 5.92 Å². The monoisotopic (exact) mass is 422 g/mol. The number of hydrogen-bond acceptors (Lipinski definition) is 6. The molecule has 0 radical (unpaired) electrons. The normalized spacial score (nSPS) is 22.6. The summed E-state index contributed by atoms with van der Waals surface area (Å²) >= 11 is 0. The lowest BCUT2D eigenvalue weighted by atomic mass is 9.96. The number of aromatic nitrogens is 1. The summed E-state index contributed by atoms with van der Waals surface area (Å²) in [7, 11) is -3.63. The summed E-state index contributed by atoms with van der Waals surface area (Å²) in [5.74, 6) is 0.606. The number of rotatable bonds is 4. The van der Waals surface area contributed by atoms with Gasteiger partial charge in [0.1, 0.15) is 10.7 Å². The Morgan fingerprint density at radius 1 is 1.00 bits per heavy atom. The van der Waals surface area contributed by atoms with Crippen molar-refractivity contribution in [1.29, 1.82) is 0 Å². The summed E-state index contributed by atoms with van der Waals surface area (Å²) in [4.78, 5) is 21.4. The van der Waals surface area contributed by atoms with E-state index in [4.69, 9.17) is 4.74 Å². The summed E-state index contributed by atoms with van der Waals surface area (Å²) in [6, 6.07) is 3.35. The Morgan fingerprint density at radius 3 is 2.38 bits per heavy atom. The lowest BCUT2D eigenvalue weighted by molar-refractivity contribution is -0.140. The molecule has 4 heterocycles. The lowest BCUT2D eigenvalue weighted by Gasteiger charge is -2.35. The number of carbonyl (C=O) groups is 1. The first-order chi connectivity index (χ1) is 14.1. The summed E-state index contributed by atoms with van der Waals surface area (Å²) in [6.45, 7) is 4.86. The molecule has 0 N–H and O–H groups in total. The fraction of sp³-hybridized carbons (Fsp3) is 0.700. The van der Waals surface area contributed by atoms with Gasteiger partial charge in [0.05, 0.1) is 13.2 Å². The molecule has 4 rings (SSSR count). The third-order valence-corrected chi connectivity index (χ3v) is 8.07. The number of ether oxygens (including phenoxy) is 1. The molecule has 1 amide bonds. The average Bonchev–Trinajstić information content (AvgIpc) is 2.80.